The van der Waals surface area contributed by atoms with E-state index in [9.17, 15) is 4.79 Å². The van der Waals surface area contributed by atoms with Crippen LogP contribution in [-0.4, -0.2) is 56.0 Å². The highest BCUT2D eigenvalue weighted by Crippen LogP contribution is 2.32. The molecule has 2 aromatic carbocycles. The van der Waals surface area contributed by atoms with Crippen molar-refractivity contribution in [2.45, 2.75) is 18.9 Å². The fraction of sp³-hybridized carbons (Fsp3) is 0.435. The zero-order chi connectivity index (χ0) is 20.1. The van der Waals surface area contributed by atoms with E-state index in [0.717, 1.165) is 24.4 Å². The Hall–Kier alpha value is -2.37. The number of ether oxygens (including phenoxy) is 1. The maximum Gasteiger partial charge on any atom is 0.236 e. The molecular weight excluding hydrogens is 350 g/mol. The van der Waals surface area contributed by atoms with Crippen molar-refractivity contribution in [3.63, 3.8) is 0 Å². The molecule has 1 heterocycles. The van der Waals surface area contributed by atoms with Gasteiger partial charge in [0.25, 0.3) is 0 Å². The fourth-order valence-electron chi connectivity index (χ4n) is 4.15. The molecule has 0 aliphatic carbocycles. The number of para-hydroxylation sites is 1. The second-order valence-electron chi connectivity index (χ2n) is 7.63. The highest BCUT2D eigenvalue weighted by atomic mass is 16.5. The van der Waals surface area contributed by atoms with Crippen LogP contribution in [-0.2, 0) is 4.79 Å². The summed E-state index contributed by atoms with van der Waals surface area (Å²) in [5.74, 6) is 1.69. The van der Waals surface area contributed by atoms with Crippen molar-refractivity contribution in [2.24, 2.45) is 11.7 Å². The van der Waals surface area contributed by atoms with Crippen LogP contribution in [0.4, 0.5) is 0 Å². The molecule has 1 fully saturated rings. The molecule has 1 saturated heterocycles. The van der Waals surface area contributed by atoms with Crippen molar-refractivity contribution in [1.82, 2.24) is 9.80 Å². The van der Waals surface area contributed by atoms with Crippen molar-refractivity contribution in [3.8, 4) is 5.75 Å². The van der Waals surface area contributed by atoms with Gasteiger partial charge in [0, 0.05) is 31.6 Å². The van der Waals surface area contributed by atoms with Crippen molar-refractivity contribution in [1.29, 1.82) is 0 Å². The van der Waals surface area contributed by atoms with Gasteiger partial charge in [-0.15, -0.1) is 0 Å². The van der Waals surface area contributed by atoms with Gasteiger partial charge in [-0.25, -0.2) is 0 Å². The number of carbonyl (C=O) groups is 1. The lowest BCUT2D eigenvalue weighted by molar-refractivity contribution is -0.132. The van der Waals surface area contributed by atoms with Gasteiger partial charge in [0.2, 0.25) is 5.91 Å². The van der Waals surface area contributed by atoms with Crippen LogP contribution in [0.1, 0.15) is 30.0 Å². The predicted molar refractivity (Wildman–Crippen MR) is 112 cm³/mol. The van der Waals surface area contributed by atoms with Crippen molar-refractivity contribution in [2.75, 3.05) is 40.3 Å². The van der Waals surface area contributed by atoms with E-state index in [0.29, 0.717) is 24.9 Å². The Bertz CT molecular complexity index is 780. The normalized spacial score (nSPS) is 20.7. The molecule has 150 valence electrons. The molecule has 1 aliphatic rings. The quantitative estimate of drug-likeness (QED) is 0.801. The first-order valence-electron chi connectivity index (χ1n) is 9.91. The van der Waals surface area contributed by atoms with Gasteiger partial charge >= 0.3 is 0 Å². The fourth-order valence-corrected chi connectivity index (χ4v) is 4.15. The van der Waals surface area contributed by atoms with Crippen LogP contribution < -0.4 is 10.5 Å². The summed E-state index contributed by atoms with van der Waals surface area (Å²) in [5.41, 5.74) is 8.36. The number of carbonyl (C=O) groups excluding carboxylic acids is 1. The highest BCUT2D eigenvalue weighted by Gasteiger charge is 2.34. The topological polar surface area (TPSA) is 58.8 Å². The highest BCUT2D eigenvalue weighted by molar-refractivity contribution is 5.78. The number of nitrogens with zero attached hydrogens (tertiary/aromatic N) is 2. The third kappa shape index (κ3) is 4.37. The number of hydrogen-bond donors (Lipinski definition) is 1. The monoisotopic (exact) mass is 381 g/mol. The molecule has 0 saturated carbocycles. The minimum Gasteiger partial charge on any atom is -0.496 e. The van der Waals surface area contributed by atoms with E-state index in [1.807, 2.05) is 49.2 Å². The van der Waals surface area contributed by atoms with Crippen LogP contribution in [0, 0.1) is 5.92 Å². The number of benzene rings is 2. The van der Waals surface area contributed by atoms with E-state index in [1.54, 1.807) is 7.11 Å². The minimum atomic E-state index is -0.0542. The van der Waals surface area contributed by atoms with Crippen LogP contribution in [0.25, 0.3) is 0 Å². The zero-order valence-corrected chi connectivity index (χ0v) is 17.0. The Balaban J connectivity index is 1.65. The summed E-state index contributed by atoms with van der Waals surface area (Å²) in [7, 11) is 3.53. The number of likely N-dealkylation sites (N-methyl/N-ethyl adjacent to an activating group) is 1. The van der Waals surface area contributed by atoms with Crippen molar-refractivity contribution < 1.29 is 9.53 Å². The standard InChI is InChI=1S/C23H31N3O2/c1-17(20-11-7-8-12-22(20)28-3)25(2)23(27)16-26-14-19(13-24)21(15-26)18-9-5-4-6-10-18/h4-12,17,19,21H,13-16,24H2,1-3H3/t17?,19-,21+/m1/s1. The van der Waals surface area contributed by atoms with E-state index in [4.69, 9.17) is 10.5 Å². The molecule has 0 aromatic heterocycles. The molecule has 1 amide bonds. The molecule has 3 atom stereocenters. The Kier molecular flexibility index (Phi) is 6.70. The smallest absolute Gasteiger partial charge is 0.236 e. The lowest BCUT2D eigenvalue weighted by atomic mass is 9.89. The summed E-state index contributed by atoms with van der Waals surface area (Å²) in [6.45, 7) is 4.82. The Morgan fingerprint density at radius 3 is 2.54 bits per heavy atom. The van der Waals surface area contributed by atoms with Gasteiger partial charge in [0.15, 0.2) is 0 Å². The molecule has 0 spiro atoms. The van der Waals surface area contributed by atoms with Crippen LogP contribution >= 0.6 is 0 Å². The Morgan fingerprint density at radius 2 is 1.86 bits per heavy atom. The molecule has 3 rings (SSSR count). The van der Waals surface area contributed by atoms with Crippen LogP contribution in [0.2, 0.25) is 0 Å². The first-order valence-corrected chi connectivity index (χ1v) is 9.91. The largest absolute Gasteiger partial charge is 0.496 e. The molecule has 1 aliphatic heterocycles. The maximum atomic E-state index is 13.0. The second kappa shape index (κ2) is 9.22. The number of methoxy groups -OCH3 is 1. The van der Waals surface area contributed by atoms with Gasteiger partial charge in [-0.3, -0.25) is 9.69 Å². The summed E-state index contributed by atoms with van der Waals surface area (Å²) in [6.07, 6.45) is 0. The van der Waals surface area contributed by atoms with Gasteiger partial charge in [0.1, 0.15) is 5.75 Å². The number of rotatable bonds is 7. The van der Waals surface area contributed by atoms with E-state index < -0.39 is 0 Å². The van der Waals surface area contributed by atoms with Gasteiger partial charge in [-0.2, -0.15) is 0 Å². The number of nitrogens with two attached hydrogens (primary N) is 1. The average molecular weight is 382 g/mol. The predicted octanol–water partition coefficient (Wildman–Crippen LogP) is 2.89. The van der Waals surface area contributed by atoms with Crippen LogP contribution in [0.15, 0.2) is 54.6 Å². The molecule has 2 N–H and O–H groups in total. The maximum absolute atomic E-state index is 13.0. The molecular formula is C23H31N3O2. The molecule has 1 unspecified atom stereocenters. The van der Waals surface area contributed by atoms with Crippen LogP contribution in [0.3, 0.4) is 0 Å². The zero-order valence-electron chi connectivity index (χ0n) is 17.0. The van der Waals surface area contributed by atoms with E-state index in [2.05, 4.69) is 29.2 Å². The summed E-state index contributed by atoms with van der Waals surface area (Å²) < 4.78 is 5.46. The number of likely N-dealkylation sites (tertiary alicyclic amines) is 1. The second-order valence-corrected chi connectivity index (χ2v) is 7.63. The van der Waals surface area contributed by atoms with Crippen LogP contribution in [0.5, 0.6) is 5.75 Å². The number of amides is 1. The lowest BCUT2D eigenvalue weighted by Crippen LogP contribution is -2.39. The molecule has 0 radical (unpaired) electrons. The molecule has 28 heavy (non-hydrogen) atoms. The van der Waals surface area contributed by atoms with Gasteiger partial charge in [-0.05, 0) is 31.0 Å². The molecule has 0 bridgehead atoms. The number of hydrogen-bond acceptors (Lipinski definition) is 4. The first-order chi connectivity index (χ1) is 13.5. The van der Waals surface area contributed by atoms with Crippen molar-refractivity contribution in [3.05, 3.63) is 65.7 Å². The summed E-state index contributed by atoms with van der Waals surface area (Å²) in [5, 5.41) is 0. The lowest BCUT2D eigenvalue weighted by Gasteiger charge is -2.28. The molecule has 5 heteroatoms. The van der Waals surface area contributed by atoms with Gasteiger partial charge in [0.05, 0.1) is 19.7 Å². The Morgan fingerprint density at radius 1 is 1.18 bits per heavy atom. The summed E-state index contributed by atoms with van der Waals surface area (Å²) in [4.78, 5) is 17.0. The Labute approximate surface area is 168 Å². The van der Waals surface area contributed by atoms with Gasteiger partial charge in [-0.1, -0.05) is 48.5 Å². The van der Waals surface area contributed by atoms with Crippen molar-refractivity contribution >= 4 is 5.91 Å². The first kappa shape index (κ1) is 20.4. The van der Waals surface area contributed by atoms with Gasteiger partial charge < -0.3 is 15.4 Å². The average Bonchev–Trinajstić information content (AvgIpc) is 3.16. The van der Waals surface area contributed by atoms with E-state index in [1.165, 1.54) is 5.56 Å². The molecule has 5 nitrogen and oxygen atoms in total. The molecule has 2 aromatic rings. The summed E-state index contributed by atoms with van der Waals surface area (Å²) >= 11 is 0. The third-order valence-corrected chi connectivity index (χ3v) is 5.97. The summed E-state index contributed by atoms with van der Waals surface area (Å²) in [6, 6.07) is 18.3. The van der Waals surface area contributed by atoms with E-state index in [-0.39, 0.29) is 11.9 Å². The minimum absolute atomic E-state index is 0.0542. The van der Waals surface area contributed by atoms with E-state index >= 15 is 0 Å². The SMILES string of the molecule is COc1ccccc1C(C)N(C)C(=O)CN1C[C@@H](CN)[C@H](c2ccccc2)C1. The third-order valence-electron chi connectivity index (χ3n) is 5.97.